The highest BCUT2D eigenvalue weighted by Gasteiger charge is 2.32. The van der Waals surface area contributed by atoms with Crippen LogP contribution in [0.3, 0.4) is 0 Å². The van der Waals surface area contributed by atoms with Gasteiger partial charge in [0, 0.05) is 5.71 Å². The second-order valence-electron chi connectivity index (χ2n) is 5.31. The zero-order chi connectivity index (χ0) is 17.4. The van der Waals surface area contributed by atoms with E-state index in [-0.39, 0.29) is 17.2 Å². The maximum absolute atomic E-state index is 12.5. The molecule has 2 unspecified atom stereocenters. The molecule has 0 radical (unpaired) electrons. The molecule has 1 aliphatic rings. The van der Waals surface area contributed by atoms with Crippen LogP contribution in [0.1, 0.15) is 27.2 Å². The van der Waals surface area contributed by atoms with Crippen LogP contribution in [0, 0.1) is 0 Å². The summed E-state index contributed by atoms with van der Waals surface area (Å²) in [6.07, 6.45) is -2.53. The van der Waals surface area contributed by atoms with Crippen LogP contribution in [-0.4, -0.2) is 47.0 Å². The average Bonchev–Trinajstić information content (AvgIpc) is 2.76. The minimum Gasteiger partial charge on any atom is -0.378 e. The number of nitrogens with zero attached hydrogens (tertiary/aromatic N) is 3. The van der Waals surface area contributed by atoms with Gasteiger partial charge in [0.15, 0.2) is 0 Å². The molecule has 2 N–H and O–H groups in total. The smallest absolute Gasteiger partial charge is 0.253 e. The van der Waals surface area contributed by atoms with Crippen LogP contribution in [0.25, 0.3) is 0 Å². The maximum Gasteiger partial charge on any atom is 0.253 e. The van der Waals surface area contributed by atoms with Crippen LogP contribution in [0.2, 0.25) is 0 Å². The summed E-state index contributed by atoms with van der Waals surface area (Å²) in [5.74, 6) is -0.187. The molecule has 0 bridgehead atoms. The third kappa shape index (κ3) is 3.42. The topological polar surface area (TPSA) is 111 Å². The molecular formula is C14H19N3O5S. The monoisotopic (exact) mass is 341 g/mol. The normalized spacial score (nSPS) is 18.3. The largest absolute Gasteiger partial charge is 0.378 e. The van der Waals surface area contributed by atoms with E-state index >= 15 is 0 Å². The molecule has 1 heterocycles. The third-order valence-electron chi connectivity index (χ3n) is 3.31. The van der Waals surface area contributed by atoms with Crippen LogP contribution in [0.15, 0.2) is 34.3 Å². The summed E-state index contributed by atoms with van der Waals surface area (Å²) in [6.45, 7) is 4.23. The molecule has 0 aliphatic carbocycles. The Balaban J connectivity index is 2.34. The lowest BCUT2D eigenvalue weighted by atomic mass is 10.3. The van der Waals surface area contributed by atoms with Crippen LogP contribution in [0.4, 0.5) is 5.69 Å². The first-order chi connectivity index (χ1) is 10.6. The quantitative estimate of drug-likeness (QED) is 0.756. The summed E-state index contributed by atoms with van der Waals surface area (Å²) in [4.78, 5) is 11.7. The predicted octanol–water partition coefficient (Wildman–Crippen LogP) is 0.466. The number of rotatable bonds is 5. The molecule has 1 aromatic carbocycles. The molecule has 126 valence electrons. The minimum absolute atomic E-state index is 0.101. The van der Waals surface area contributed by atoms with Crippen molar-refractivity contribution in [1.82, 2.24) is 4.31 Å². The lowest BCUT2D eigenvalue weighted by Crippen LogP contribution is -2.44. The number of benzene rings is 1. The fourth-order valence-corrected chi connectivity index (χ4v) is 3.88. The minimum atomic E-state index is -4.07. The lowest BCUT2D eigenvalue weighted by molar-refractivity contribution is -0.116. The van der Waals surface area contributed by atoms with Crippen molar-refractivity contribution in [2.75, 3.05) is 5.01 Å². The molecule has 23 heavy (non-hydrogen) atoms. The van der Waals surface area contributed by atoms with E-state index < -0.39 is 22.5 Å². The zero-order valence-electron chi connectivity index (χ0n) is 13.0. The Labute approximate surface area is 134 Å². The second-order valence-corrected chi connectivity index (χ2v) is 7.15. The standard InChI is InChI=1S/C14H19N3O5S/c1-9-8-14(20)16(15-9)12-4-6-13(7-5-12)23(21,22)17(10(2)18)11(3)19/h4-7,10-11,18-19H,8H2,1-3H3. The zero-order valence-corrected chi connectivity index (χ0v) is 13.9. The highest BCUT2D eigenvalue weighted by molar-refractivity contribution is 7.89. The van der Waals surface area contributed by atoms with Gasteiger partial charge in [-0.3, -0.25) is 4.79 Å². The molecule has 0 fully saturated rings. The van der Waals surface area contributed by atoms with E-state index in [4.69, 9.17) is 0 Å². The molecule has 9 heteroatoms. The Kier molecular flexibility index (Phi) is 4.85. The van der Waals surface area contributed by atoms with Gasteiger partial charge in [-0.2, -0.15) is 5.10 Å². The third-order valence-corrected chi connectivity index (χ3v) is 5.34. The maximum atomic E-state index is 12.5. The van der Waals surface area contributed by atoms with Gasteiger partial charge in [-0.1, -0.05) is 0 Å². The summed E-state index contributed by atoms with van der Waals surface area (Å²) in [7, 11) is -4.07. The van der Waals surface area contributed by atoms with Gasteiger partial charge in [0.1, 0.15) is 12.5 Å². The van der Waals surface area contributed by atoms with E-state index in [1.165, 1.54) is 43.1 Å². The Bertz CT molecular complexity index is 717. The van der Waals surface area contributed by atoms with Crippen LogP contribution in [0.5, 0.6) is 0 Å². The lowest BCUT2D eigenvalue weighted by Gasteiger charge is -2.27. The van der Waals surface area contributed by atoms with E-state index in [1.54, 1.807) is 6.92 Å². The summed E-state index contributed by atoms with van der Waals surface area (Å²) in [5.41, 5.74) is 1.13. The van der Waals surface area contributed by atoms with Gasteiger partial charge >= 0.3 is 0 Å². The van der Waals surface area contributed by atoms with Gasteiger partial charge in [-0.25, -0.2) is 13.4 Å². The first kappa shape index (κ1) is 17.5. The Morgan fingerprint density at radius 3 is 2.09 bits per heavy atom. The van der Waals surface area contributed by atoms with Crippen molar-refractivity contribution in [3.05, 3.63) is 24.3 Å². The number of amides is 1. The number of sulfonamides is 1. The van der Waals surface area contributed by atoms with E-state index in [1.807, 2.05) is 0 Å². The van der Waals surface area contributed by atoms with Crippen molar-refractivity contribution >= 4 is 27.3 Å². The van der Waals surface area contributed by atoms with Crippen LogP contribution >= 0.6 is 0 Å². The number of hydrogen-bond donors (Lipinski definition) is 2. The number of hydrogen-bond acceptors (Lipinski definition) is 6. The number of anilines is 1. The highest BCUT2D eigenvalue weighted by Crippen LogP contribution is 2.25. The number of carbonyl (C=O) groups is 1. The van der Waals surface area contributed by atoms with Gasteiger partial charge in [-0.15, -0.1) is 4.31 Å². The molecule has 0 saturated heterocycles. The number of hydrazone groups is 1. The molecule has 0 saturated carbocycles. The van der Waals surface area contributed by atoms with E-state index in [0.29, 0.717) is 15.7 Å². The van der Waals surface area contributed by atoms with Crippen LogP contribution in [-0.2, 0) is 14.8 Å². The Hall–Kier alpha value is -1.81. The molecule has 1 amide bonds. The van der Waals surface area contributed by atoms with E-state index in [9.17, 15) is 23.4 Å². The van der Waals surface area contributed by atoms with Crippen molar-refractivity contribution < 1.29 is 23.4 Å². The first-order valence-electron chi connectivity index (χ1n) is 7.01. The van der Waals surface area contributed by atoms with Crippen molar-refractivity contribution in [3.63, 3.8) is 0 Å². The Morgan fingerprint density at radius 2 is 1.70 bits per heavy atom. The van der Waals surface area contributed by atoms with Gasteiger partial charge in [0.25, 0.3) is 5.91 Å². The van der Waals surface area contributed by atoms with Crippen LogP contribution < -0.4 is 5.01 Å². The van der Waals surface area contributed by atoms with E-state index in [2.05, 4.69) is 5.10 Å². The van der Waals surface area contributed by atoms with E-state index in [0.717, 1.165) is 0 Å². The van der Waals surface area contributed by atoms with Gasteiger partial charge in [0.05, 0.1) is 17.0 Å². The van der Waals surface area contributed by atoms with Crippen molar-refractivity contribution in [1.29, 1.82) is 0 Å². The predicted molar refractivity (Wildman–Crippen MR) is 84.0 cm³/mol. The molecular weight excluding hydrogens is 322 g/mol. The molecule has 0 spiro atoms. The summed E-state index contributed by atoms with van der Waals surface area (Å²) < 4.78 is 25.5. The SMILES string of the molecule is CC1=NN(c2ccc(S(=O)(=O)N(C(C)O)C(C)O)cc2)C(=O)C1. The van der Waals surface area contributed by atoms with Gasteiger partial charge in [-0.05, 0) is 45.0 Å². The highest BCUT2D eigenvalue weighted by atomic mass is 32.2. The Morgan fingerprint density at radius 1 is 1.17 bits per heavy atom. The second kappa shape index (κ2) is 6.36. The molecule has 2 atom stereocenters. The molecule has 2 rings (SSSR count). The average molecular weight is 341 g/mol. The molecule has 8 nitrogen and oxygen atoms in total. The summed E-state index contributed by atoms with van der Waals surface area (Å²) >= 11 is 0. The molecule has 1 aliphatic heterocycles. The van der Waals surface area contributed by atoms with Crippen molar-refractivity contribution in [2.45, 2.75) is 44.5 Å². The van der Waals surface area contributed by atoms with Gasteiger partial charge < -0.3 is 10.2 Å². The first-order valence-corrected chi connectivity index (χ1v) is 8.45. The summed E-state index contributed by atoms with van der Waals surface area (Å²) in [6, 6.07) is 5.52. The number of aliphatic hydroxyl groups is 2. The van der Waals surface area contributed by atoms with Crippen molar-refractivity contribution in [3.8, 4) is 0 Å². The molecule has 0 aromatic heterocycles. The fraction of sp³-hybridized carbons (Fsp3) is 0.429. The number of aliphatic hydroxyl groups excluding tert-OH is 2. The number of carbonyl (C=O) groups excluding carboxylic acids is 1. The summed E-state index contributed by atoms with van der Waals surface area (Å²) in [5, 5.41) is 24.5. The van der Waals surface area contributed by atoms with Gasteiger partial charge in [0.2, 0.25) is 10.0 Å². The van der Waals surface area contributed by atoms with Crippen molar-refractivity contribution in [2.24, 2.45) is 5.10 Å². The molecule has 1 aromatic rings. The fourth-order valence-electron chi connectivity index (χ4n) is 2.35.